The topological polar surface area (TPSA) is 102 Å². The zero-order valence-corrected chi connectivity index (χ0v) is 10.4. The number of amides is 1. The van der Waals surface area contributed by atoms with Crippen molar-refractivity contribution in [2.24, 2.45) is 5.73 Å². The molecule has 0 aliphatic heterocycles. The summed E-state index contributed by atoms with van der Waals surface area (Å²) in [7, 11) is 0. The zero-order chi connectivity index (χ0) is 13.4. The number of pyridine rings is 1. The molecule has 0 aromatic carbocycles. The van der Waals surface area contributed by atoms with E-state index in [0.717, 1.165) is 0 Å². The molecule has 0 saturated carbocycles. The van der Waals surface area contributed by atoms with Crippen molar-refractivity contribution in [1.82, 2.24) is 15.0 Å². The summed E-state index contributed by atoms with van der Waals surface area (Å²) in [5.41, 5.74) is 6.64. The number of carbonyl (C=O) groups excluding carboxylic acids is 1. The number of aromatic nitrogens is 3. The van der Waals surface area contributed by atoms with E-state index in [1.807, 2.05) is 0 Å². The molecule has 3 rings (SSSR count). The molecule has 6 nitrogen and oxygen atoms in total. The largest absolute Gasteiger partial charge is 0.492 e. The normalized spacial score (nSPS) is 10.7. The van der Waals surface area contributed by atoms with Gasteiger partial charge in [-0.3, -0.25) is 9.78 Å². The lowest BCUT2D eigenvalue weighted by Crippen LogP contribution is -2.10. The van der Waals surface area contributed by atoms with Gasteiger partial charge in [-0.1, -0.05) is 0 Å². The smallest absolute Gasteiger partial charge is 0.251 e. The number of fused-ring (bicyclic) bond motifs is 1. The number of hydrogen-bond acceptors (Lipinski definition) is 6. The molecule has 0 atom stereocenters. The first-order valence-corrected chi connectivity index (χ1v) is 6.23. The average molecular weight is 272 g/mol. The summed E-state index contributed by atoms with van der Waals surface area (Å²) in [6.07, 6.45) is 3.20. The van der Waals surface area contributed by atoms with E-state index >= 15 is 0 Å². The second-order valence-electron chi connectivity index (χ2n) is 3.80. The number of nitrogens with zero attached hydrogens (tertiary/aromatic N) is 3. The maximum atomic E-state index is 11.3. The summed E-state index contributed by atoms with van der Waals surface area (Å²) < 4.78 is 0.451. The Balaban J connectivity index is 2.28. The third-order valence-corrected chi connectivity index (χ3v) is 3.57. The molecule has 3 aromatic heterocycles. The van der Waals surface area contributed by atoms with Crippen LogP contribution in [0.25, 0.3) is 21.6 Å². The van der Waals surface area contributed by atoms with E-state index in [4.69, 9.17) is 5.73 Å². The van der Waals surface area contributed by atoms with Gasteiger partial charge < -0.3 is 10.8 Å². The van der Waals surface area contributed by atoms with Crippen molar-refractivity contribution in [2.45, 2.75) is 0 Å². The Morgan fingerprint density at radius 2 is 2.00 bits per heavy atom. The van der Waals surface area contributed by atoms with Gasteiger partial charge in [-0.05, 0) is 12.1 Å². The maximum absolute atomic E-state index is 11.3. The fraction of sp³-hybridized carbons (Fsp3) is 0. The summed E-state index contributed by atoms with van der Waals surface area (Å²) in [5, 5.41) is 11.5. The van der Waals surface area contributed by atoms with Gasteiger partial charge in [0.1, 0.15) is 10.2 Å². The zero-order valence-electron chi connectivity index (χ0n) is 9.57. The Morgan fingerprint density at radius 1 is 1.26 bits per heavy atom. The fourth-order valence-electron chi connectivity index (χ4n) is 1.71. The molecular formula is C12H8N4O2S. The van der Waals surface area contributed by atoms with Crippen LogP contribution < -0.4 is 5.73 Å². The molecule has 0 bridgehead atoms. The molecule has 0 radical (unpaired) electrons. The molecule has 19 heavy (non-hydrogen) atoms. The summed E-state index contributed by atoms with van der Waals surface area (Å²) in [5.74, 6) is -0.410. The van der Waals surface area contributed by atoms with Crippen molar-refractivity contribution in [3.05, 3.63) is 35.5 Å². The van der Waals surface area contributed by atoms with Gasteiger partial charge in [-0.2, -0.15) is 4.98 Å². The molecule has 0 spiro atoms. The van der Waals surface area contributed by atoms with Crippen LogP contribution in [0.1, 0.15) is 10.4 Å². The number of hydrogen-bond donors (Lipinski definition) is 2. The minimum atomic E-state index is -0.579. The number of primary amides is 1. The molecular weight excluding hydrogens is 264 g/mol. The predicted octanol–water partition coefficient (Wildman–Crippen LogP) is 1.56. The van der Waals surface area contributed by atoms with Crippen LogP contribution in [-0.2, 0) is 0 Å². The summed E-state index contributed by atoms with van der Waals surface area (Å²) in [4.78, 5) is 23.5. The van der Waals surface area contributed by atoms with Crippen molar-refractivity contribution < 1.29 is 9.90 Å². The Morgan fingerprint density at radius 3 is 2.68 bits per heavy atom. The van der Waals surface area contributed by atoms with Crippen molar-refractivity contribution >= 4 is 27.5 Å². The number of rotatable bonds is 2. The first kappa shape index (κ1) is 11.5. The molecule has 0 aliphatic carbocycles. The standard InChI is InChI=1S/C12H8N4O2S/c13-10(17)7-5-19-9-8(7)15-11(16-12(9)18)6-1-3-14-4-2-6/h1-5H,(H2,13,17)(H,15,16,18). The van der Waals surface area contributed by atoms with Crippen LogP contribution in [0.2, 0.25) is 0 Å². The predicted molar refractivity (Wildman–Crippen MR) is 70.8 cm³/mol. The van der Waals surface area contributed by atoms with E-state index < -0.39 is 5.91 Å². The van der Waals surface area contributed by atoms with Crippen LogP contribution >= 0.6 is 11.3 Å². The molecule has 3 heterocycles. The van der Waals surface area contributed by atoms with Gasteiger partial charge >= 0.3 is 0 Å². The molecule has 1 amide bonds. The highest BCUT2D eigenvalue weighted by molar-refractivity contribution is 7.17. The Labute approximate surface area is 111 Å². The van der Waals surface area contributed by atoms with E-state index in [0.29, 0.717) is 21.6 Å². The lowest BCUT2D eigenvalue weighted by atomic mass is 10.2. The lowest BCUT2D eigenvalue weighted by Gasteiger charge is -2.02. The first-order valence-electron chi connectivity index (χ1n) is 5.35. The minimum absolute atomic E-state index is 0.158. The summed E-state index contributed by atoms with van der Waals surface area (Å²) in [6.45, 7) is 0. The molecule has 0 aliphatic rings. The molecule has 0 fully saturated rings. The summed E-state index contributed by atoms with van der Waals surface area (Å²) >= 11 is 1.18. The van der Waals surface area contributed by atoms with Gasteiger partial charge in [0.05, 0.1) is 5.56 Å². The van der Waals surface area contributed by atoms with Crippen LogP contribution in [0.3, 0.4) is 0 Å². The van der Waals surface area contributed by atoms with Crippen molar-refractivity contribution in [3.8, 4) is 17.3 Å². The van der Waals surface area contributed by atoms with Crippen molar-refractivity contribution in [1.29, 1.82) is 0 Å². The number of thiophene rings is 1. The van der Waals surface area contributed by atoms with Gasteiger partial charge in [-0.25, -0.2) is 4.98 Å². The van der Waals surface area contributed by atoms with E-state index in [1.165, 1.54) is 11.3 Å². The minimum Gasteiger partial charge on any atom is -0.492 e. The highest BCUT2D eigenvalue weighted by atomic mass is 32.1. The molecule has 0 unspecified atom stereocenters. The fourth-order valence-corrected chi connectivity index (χ4v) is 2.59. The third kappa shape index (κ3) is 1.89. The summed E-state index contributed by atoms with van der Waals surface area (Å²) in [6, 6.07) is 3.44. The first-order chi connectivity index (χ1) is 9.16. The average Bonchev–Trinajstić information content (AvgIpc) is 2.84. The second-order valence-corrected chi connectivity index (χ2v) is 4.68. The van der Waals surface area contributed by atoms with Crippen LogP contribution in [0.4, 0.5) is 0 Å². The van der Waals surface area contributed by atoms with E-state index in [9.17, 15) is 9.90 Å². The van der Waals surface area contributed by atoms with E-state index in [1.54, 1.807) is 29.9 Å². The highest BCUT2D eigenvalue weighted by Crippen LogP contribution is 2.32. The van der Waals surface area contributed by atoms with Crippen molar-refractivity contribution in [3.63, 3.8) is 0 Å². The highest BCUT2D eigenvalue weighted by Gasteiger charge is 2.16. The molecule has 3 aromatic rings. The Bertz CT molecular complexity index is 770. The Hall–Kier alpha value is -2.54. The van der Waals surface area contributed by atoms with Crippen LogP contribution in [0.5, 0.6) is 5.88 Å². The Kier molecular flexibility index (Phi) is 2.60. The second kappa shape index (κ2) is 4.29. The molecule has 7 heteroatoms. The lowest BCUT2D eigenvalue weighted by molar-refractivity contribution is 0.100. The van der Waals surface area contributed by atoms with Gasteiger partial charge in [0.15, 0.2) is 5.82 Å². The molecule has 3 N–H and O–H groups in total. The van der Waals surface area contributed by atoms with Crippen molar-refractivity contribution in [2.75, 3.05) is 0 Å². The van der Waals surface area contributed by atoms with Gasteiger partial charge in [0, 0.05) is 23.3 Å². The van der Waals surface area contributed by atoms with Gasteiger partial charge in [-0.15, -0.1) is 11.3 Å². The maximum Gasteiger partial charge on any atom is 0.251 e. The molecule has 94 valence electrons. The van der Waals surface area contributed by atoms with Gasteiger partial charge in [0.2, 0.25) is 5.88 Å². The van der Waals surface area contributed by atoms with E-state index in [-0.39, 0.29) is 11.4 Å². The molecule has 0 saturated heterocycles. The van der Waals surface area contributed by atoms with Gasteiger partial charge in [0.25, 0.3) is 5.91 Å². The third-order valence-electron chi connectivity index (χ3n) is 2.60. The van der Waals surface area contributed by atoms with Crippen LogP contribution in [0.15, 0.2) is 29.9 Å². The monoisotopic (exact) mass is 272 g/mol. The quantitative estimate of drug-likeness (QED) is 0.737. The number of nitrogens with two attached hydrogens (primary N) is 1. The van der Waals surface area contributed by atoms with Crippen LogP contribution in [0, 0.1) is 0 Å². The SMILES string of the molecule is NC(=O)c1csc2c(O)nc(-c3ccncc3)nc12. The number of aromatic hydroxyl groups is 1. The van der Waals surface area contributed by atoms with Crippen LogP contribution in [-0.4, -0.2) is 26.0 Å². The number of carbonyl (C=O) groups is 1. The van der Waals surface area contributed by atoms with E-state index in [2.05, 4.69) is 15.0 Å².